The molecule has 1 heterocycles. The van der Waals surface area contributed by atoms with Crippen molar-refractivity contribution in [3.63, 3.8) is 0 Å². The van der Waals surface area contributed by atoms with Gasteiger partial charge in [0.25, 0.3) is 0 Å². The van der Waals surface area contributed by atoms with Crippen molar-refractivity contribution < 1.29 is 14.6 Å². The Hall–Kier alpha value is -3.05. The summed E-state index contributed by atoms with van der Waals surface area (Å²) in [6.07, 6.45) is 0.871. The van der Waals surface area contributed by atoms with Gasteiger partial charge < -0.3 is 19.7 Å². The van der Waals surface area contributed by atoms with Crippen molar-refractivity contribution in [3.8, 4) is 5.75 Å². The van der Waals surface area contributed by atoms with Gasteiger partial charge in [-0.3, -0.25) is 0 Å². The lowest BCUT2D eigenvalue weighted by atomic mass is 10.1. The number of carboxylic acid groups (broad SMARTS) is 1. The van der Waals surface area contributed by atoms with Gasteiger partial charge in [0.1, 0.15) is 5.75 Å². The fourth-order valence-corrected chi connectivity index (χ4v) is 4.19. The van der Waals surface area contributed by atoms with Crippen molar-refractivity contribution in [1.29, 1.82) is 0 Å². The molecule has 0 radical (unpaired) electrons. The molecular weight excluding hydrogens is 400 g/mol. The third-order valence-electron chi connectivity index (χ3n) is 6.08. The van der Waals surface area contributed by atoms with Crippen LogP contribution in [0.5, 0.6) is 5.75 Å². The van der Waals surface area contributed by atoms with E-state index in [1.165, 1.54) is 22.3 Å². The molecule has 0 bridgehead atoms. The van der Waals surface area contributed by atoms with Crippen LogP contribution >= 0.6 is 0 Å². The Kier molecular flexibility index (Phi) is 7.75. The van der Waals surface area contributed by atoms with E-state index < -0.39 is 5.97 Å². The highest BCUT2D eigenvalue weighted by Crippen LogP contribution is 2.25. The van der Waals surface area contributed by atoms with Crippen LogP contribution in [0.1, 0.15) is 56.5 Å². The standard InChI is InChI=1S/C27H34N2O3/c1-6-32-24-11-9-22(10-12-24)13-14-28-16-25-20(4)29(21(5)26(25)27(30)31)17-23-15-18(2)7-8-19(23)3/h7-12,15,28H,6,13-14,16-17H2,1-5H3,(H,30,31). The fourth-order valence-electron chi connectivity index (χ4n) is 4.19. The zero-order chi connectivity index (χ0) is 23.3. The number of nitrogens with one attached hydrogen (secondary N) is 1. The summed E-state index contributed by atoms with van der Waals surface area (Å²) in [5, 5.41) is 13.3. The number of carbonyl (C=O) groups is 1. The zero-order valence-corrected chi connectivity index (χ0v) is 19.8. The van der Waals surface area contributed by atoms with E-state index in [0.717, 1.165) is 35.7 Å². The van der Waals surface area contributed by atoms with Crippen LogP contribution in [0, 0.1) is 27.7 Å². The first kappa shape index (κ1) is 23.6. The van der Waals surface area contributed by atoms with Crippen LogP contribution in [-0.2, 0) is 19.5 Å². The molecule has 2 aromatic carbocycles. The maximum Gasteiger partial charge on any atom is 0.337 e. The van der Waals surface area contributed by atoms with Crippen LogP contribution in [0.3, 0.4) is 0 Å². The lowest BCUT2D eigenvalue weighted by Gasteiger charge is -2.13. The SMILES string of the molecule is CCOc1ccc(CCNCc2c(C(=O)O)c(C)n(Cc3cc(C)ccc3C)c2C)cc1. The number of aromatic carboxylic acids is 1. The molecule has 0 amide bonds. The van der Waals surface area contributed by atoms with E-state index in [4.69, 9.17) is 4.74 Å². The summed E-state index contributed by atoms with van der Waals surface area (Å²) in [4.78, 5) is 12.1. The second-order valence-corrected chi connectivity index (χ2v) is 8.35. The third-order valence-corrected chi connectivity index (χ3v) is 6.08. The number of hydrogen-bond acceptors (Lipinski definition) is 3. The first-order valence-corrected chi connectivity index (χ1v) is 11.2. The highest BCUT2D eigenvalue weighted by atomic mass is 16.5. The third kappa shape index (κ3) is 5.40. The molecule has 3 rings (SSSR count). The van der Waals surface area contributed by atoms with Crippen molar-refractivity contribution in [2.45, 2.75) is 54.1 Å². The van der Waals surface area contributed by atoms with Gasteiger partial charge in [-0.05, 0) is 76.4 Å². The van der Waals surface area contributed by atoms with E-state index in [1.54, 1.807) is 0 Å². The molecule has 2 N–H and O–H groups in total. The van der Waals surface area contributed by atoms with Gasteiger partial charge in [-0.25, -0.2) is 4.79 Å². The lowest BCUT2D eigenvalue weighted by molar-refractivity contribution is 0.0694. The van der Waals surface area contributed by atoms with Crippen LogP contribution in [0.15, 0.2) is 42.5 Å². The number of carboxylic acids is 1. The molecule has 0 atom stereocenters. The van der Waals surface area contributed by atoms with Gasteiger partial charge in [0.05, 0.1) is 12.2 Å². The molecule has 32 heavy (non-hydrogen) atoms. The van der Waals surface area contributed by atoms with Crippen LogP contribution in [-0.4, -0.2) is 28.8 Å². The molecule has 3 aromatic rings. The highest BCUT2D eigenvalue weighted by molar-refractivity contribution is 5.91. The summed E-state index contributed by atoms with van der Waals surface area (Å²) < 4.78 is 7.62. The summed E-state index contributed by atoms with van der Waals surface area (Å²) in [5.41, 5.74) is 7.97. The van der Waals surface area contributed by atoms with Gasteiger partial charge >= 0.3 is 5.97 Å². The van der Waals surface area contributed by atoms with Gasteiger partial charge in [-0.15, -0.1) is 0 Å². The molecule has 0 aliphatic carbocycles. The van der Waals surface area contributed by atoms with Gasteiger partial charge in [0.2, 0.25) is 0 Å². The molecule has 1 aromatic heterocycles. The van der Waals surface area contributed by atoms with E-state index in [9.17, 15) is 9.90 Å². The minimum atomic E-state index is -0.867. The molecule has 0 saturated carbocycles. The summed E-state index contributed by atoms with van der Waals surface area (Å²) in [7, 11) is 0. The quantitative estimate of drug-likeness (QED) is 0.431. The number of hydrogen-bond donors (Lipinski definition) is 2. The number of aromatic nitrogens is 1. The van der Waals surface area contributed by atoms with Crippen LogP contribution in [0.2, 0.25) is 0 Å². The molecule has 170 valence electrons. The number of aryl methyl sites for hydroxylation is 2. The second kappa shape index (κ2) is 10.5. The van der Waals surface area contributed by atoms with Gasteiger partial charge in [-0.1, -0.05) is 35.9 Å². The zero-order valence-electron chi connectivity index (χ0n) is 19.8. The van der Waals surface area contributed by atoms with Crippen molar-refractivity contribution in [2.24, 2.45) is 0 Å². The molecular formula is C27H34N2O3. The van der Waals surface area contributed by atoms with E-state index in [2.05, 4.69) is 54.1 Å². The number of ether oxygens (including phenoxy) is 1. The molecule has 0 spiro atoms. The molecule has 5 heteroatoms. The predicted molar refractivity (Wildman–Crippen MR) is 129 cm³/mol. The first-order chi connectivity index (χ1) is 15.3. The van der Waals surface area contributed by atoms with Crippen LogP contribution in [0.4, 0.5) is 0 Å². The maximum absolute atomic E-state index is 12.1. The lowest BCUT2D eigenvalue weighted by Crippen LogP contribution is -2.18. The minimum Gasteiger partial charge on any atom is -0.494 e. The minimum absolute atomic E-state index is 0.418. The molecule has 0 saturated heterocycles. The van der Waals surface area contributed by atoms with Gasteiger partial charge in [0, 0.05) is 30.0 Å². The smallest absolute Gasteiger partial charge is 0.337 e. The number of benzene rings is 2. The average Bonchev–Trinajstić information content (AvgIpc) is 2.99. The van der Waals surface area contributed by atoms with E-state index in [0.29, 0.717) is 25.3 Å². The Morgan fingerprint density at radius 1 is 1.03 bits per heavy atom. The Balaban J connectivity index is 1.72. The Morgan fingerprint density at radius 3 is 2.41 bits per heavy atom. The van der Waals surface area contributed by atoms with Crippen molar-refractivity contribution in [2.75, 3.05) is 13.2 Å². The van der Waals surface area contributed by atoms with Crippen LogP contribution < -0.4 is 10.1 Å². The maximum atomic E-state index is 12.1. The summed E-state index contributed by atoms with van der Waals surface area (Å²) in [6.45, 7) is 12.7. The van der Waals surface area contributed by atoms with Crippen molar-refractivity contribution in [3.05, 3.63) is 87.2 Å². The van der Waals surface area contributed by atoms with Gasteiger partial charge in [-0.2, -0.15) is 0 Å². The highest BCUT2D eigenvalue weighted by Gasteiger charge is 2.22. The molecule has 0 aliphatic rings. The largest absolute Gasteiger partial charge is 0.494 e. The van der Waals surface area contributed by atoms with Gasteiger partial charge in [0.15, 0.2) is 0 Å². The van der Waals surface area contributed by atoms with Crippen molar-refractivity contribution in [1.82, 2.24) is 9.88 Å². The molecule has 0 aliphatic heterocycles. The normalized spacial score (nSPS) is 11.0. The van der Waals surface area contributed by atoms with Crippen molar-refractivity contribution >= 4 is 5.97 Å². The van der Waals surface area contributed by atoms with E-state index in [-0.39, 0.29) is 0 Å². The monoisotopic (exact) mass is 434 g/mol. The molecule has 0 unspecified atom stereocenters. The Morgan fingerprint density at radius 2 is 1.75 bits per heavy atom. The first-order valence-electron chi connectivity index (χ1n) is 11.2. The molecule has 5 nitrogen and oxygen atoms in total. The summed E-state index contributed by atoms with van der Waals surface area (Å²) in [6, 6.07) is 14.5. The summed E-state index contributed by atoms with van der Waals surface area (Å²) in [5.74, 6) is 0.0141. The average molecular weight is 435 g/mol. The summed E-state index contributed by atoms with van der Waals surface area (Å²) >= 11 is 0. The van der Waals surface area contributed by atoms with E-state index in [1.807, 2.05) is 32.9 Å². The number of rotatable bonds is 10. The Labute approximate surface area is 191 Å². The molecule has 0 fully saturated rings. The fraction of sp³-hybridized carbons (Fsp3) is 0.370. The Bertz CT molecular complexity index is 1080. The second-order valence-electron chi connectivity index (χ2n) is 8.35. The van der Waals surface area contributed by atoms with E-state index >= 15 is 0 Å². The number of nitrogens with zero attached hydrogens (tertiary/aromatic N) is 1. The predicted octanol–water partition coefficient (Wildman–Crippen LogP) is 5.20. The topological polar surface area (TPSA) is 63.5 Å². The van der Waals surface area contributed by atoms with Crippen LogP contribution in [0.25, 0.3) is 0 Å².